The maximum atomic E-state index is 14.6. The molecule has 47 heavy (non-hydrogen) atoms. The molecule has 2 spiro atoms. The molecule has 2 aromatic rings. The first-order valence-electron chi connectivity index (χ1n) is 17.2. The van der Waals surface area contributed by atoms with Gasteiger partial charge in [0.25, 0.3) is 0 Å². The van der Waals surface area contributed by atoms with Crippen molar-refractivity contribution in [2.24, 2.45) is 33.5 Å². The Kier molecular flexibility index (Phi) is 7.96. The number of fused-ring (bicyclic) bond motifs is 1. The number of benzene rings is 2. The second-order valence-electron chi connectivity index (χ2n) is 15.8. The molecule has 0 heterocycles. The van der Waals surface area contributed by atoms with E-state index in [1.54, 1.807) is 0 Å². The van der Waals surface area contributed by atoms with E-state index in [-0.39, 0.29) is 41.7 Å². The average molecular weight is 648 g/mol. The molecule has 6 nitrogen and oxygen atoms in total. The van der Waals surface area contributed by atoms with Gasteiger partial charge in [0.05, 0.1) is 24.4 Å². The summed E-state index contributed by atoms with van der Waals surface area (Å²) in [5.41, 5.74) is -1.51. The van der Waals surface area contributed by atoms with Gasteiger partial charge >= 0.3 is 0 Å². The zero-order valence-corrected chi connectivity index (χ0v) is 27.3. The molecule has 6 aliphatic carbocycles. The predicted molar refractivity (Wildman–Crippen MR) is 174 cm³/mol. The molecule has 252 valence electrons. The van der Waals surface area contributed by atoms with Crippen molar-refractivity contribution in [1.82, 2.24) is 4.90 Å². The maximum absolute atomic E-state index is 14.6. The van der Waals surface area contributed by atoms with Crippen LogP contribution in [0.5, 0.6) is 0 Å². The zero-order valence-electron chi connectivity index (χ0n) is 27.3. The van der Waals surface area contributed by atoms with Gasteiger partial charge in [0, 0.05) is 47.0 Å². The molecule has 2 aromatic carbocycles. The lowest BCUT2D eigenvalue weighted by atomic mass is 9.32. The Morgan fingerprint density at radius 1 is 0.957 bits per heavy atom. The molecule has 1 unspecified atom stereocenters. The molecule has 8 heteroatoms. The van der Waals surface area contributed by atoms with Crippen LogP contribution in [0.3, 0.4) is 0 Å². The van der Waals surface area contributed by atoms with Crippen LogP contribution in [0.2, 0.25) is 0 Å². The highest BCUT2D eigenvalue weighted by Gasteiger charge is 2.74. The average Bonchev–Trinajstić information content (AvgIpc) is 3.32. The lowest BCUT2D eigenvalue weighted by molar-refractivity contribution is -0.177. The van der Waals surface area contributed by atoms with E-state index in [2.05, 4.69) is 32.1 Å². The predicted octanol–water partition coefficient (Wildman–Crippen LogP) is 5.59. The fraction of sp³-hybridized carbons (Fsp3) is 0.564. The molecule has 9 atom stereocenters. The Morgan fingerprint density at radius 3 is 2.38 bits per heavy atom. The number of halogens is 2. The van der Waals surface area contributed by atoms with Gasteiger partial charge in [0.15, 0.2) is 17.4 Å². The van der Waals surface area contributed by atoms with Crippen LogP contribution in [0, 0.1) is 45.1 Å². The Hall–Kier alpha value is -2.75. The van der Waals surface area contributed by atoms with Crippen molar-refractivity contribution in [3.05, 3.63) is 95.1 Å². The van der Waals surface area contributed by atoms with Crippen LogP contribution in [-0.4, -0.2) is 68.6 Å². The standard InChI is InChI=1S/C39H47F2NO5/c1-35-13-10-27(44)19-37(35)16-17-39(29(20-37)34(46)26-8-9-30(40)31(41)18-26)32(35)11-14-36(2)33(39)12-15-38(36,47)24-42(22-28(45)23-43)21-25-6-4-3-5-7-25/h3-9,16-18,20,27-28,32-33,43-45,47H,10-15,19,21-24H2,1-2H3/t27?,28-,32+,33+,35+,36-,37-,38+,39+/m0/s1. The first kappa shape index (κ1) is 32.8. The smallest absolute Gasteiger partial charge is 0.189 e. The molecule has 0 aliphatic heterocycles. The van der Waals surface area contributed by atoms with E-state index >= 15 is 0 Å². The Labute approximate surface area is 275 Å². The second kappa shape index (κ2) is 11.4. The number of carbonyl (C=O) groups is 1. The van der Waals surface area contributed by atoms with Crippen LogP contribution in [0.15, 0.2) is 72.3 Å². The van der Waals surface area contributed by atoms with E-state index in [9.17, 15) is 34.0 Å². The van der Waals surface area contributed by atoms with Gasteiger partial charge in [0.1, 0.15) is 0 Å². The van der Waals surface area contributed by atoms with Gasteiger partial charge in [-0.1, -0.05) is 62.4 Å². The molecule has 0 amide bonds. The van der Waals surface area contributed by atoms with Gasteiger partial charge in [-0.05, 0) is 86.0 Å². The van der Waals surface area contributed by atoms with Crippen LogP contribution in [-0.2, 0) is 6.54 Å². The van der Waals surface area contributed by atoms with Gasteiger partial charge in [-0.15, -0.1) is 0 Å². The molecule has 6 aliphatic rings. The first-order valence-corrected chi connectivity index (χ1v) is 17.2. The Balaban J connectivity index is 1.31. The largest absolute Gasteiger partial charge is 0.394 e. The summed E-state index contributed by atoms with van der Waals surface area (Å²) in [6.07, 6.45) is 9.74. The van der Waals surface area contributed by atoms with Crippen LogP contribution in [0.4, 0.5) is 8.78 Å². The van der Waals surface area contributed by atoms with Gasteiger partial charge in [0.2, 0.25) is 0 Å². The van der Waals surface area contributed by atoms with E-state index in [0.717, 1.165) is 37.0 Å². The molecular formula is C39H47F2NO5. The summed E-state index contributed by atoms with van der Waals surface area (Å²) in [5.74, 6) is -2.44. The summed E-state index contributed by atoms with van der Waals surface area (Å²) in [6, 6.07) is 13.2. The molecule has 4 N–H and O–H groups in total. The number of Topliss-reactive ketones (excluding diaryl/α,β-unsaturated/α-hetero) is 1. The molecule has 2 bridgehead atoms. The maximum Gasteiger partial charge on any atom is 0.189 e. The number of aliphatic hydroxyl groups is 4. The van der Waals surface area contributed by atoms with Crippen LogP contribution < -0.4 is 0 Å². The number of ketones is 1. The zero-order chi connectivity index (χ0) is 33.4. The number of allylic oxidation sites excluding steroid dienone is 4. The number of rotatable bonds is 9. The molecule has 0 aromatic heterocycles. The minimum Gasteiger partial charge on any atom is -0.394 e. The van der Waals surface area contributed by atoms with Crippen LogP contribution in [0.25, 0.3) is 0 Å². The molecule has 0 radical (unpaired) electrons. The molecule has 3 saturated carbocycles. The van der Waals surface area contributed by atoms with Crippen molar-refractivity contribution < 1.29 is 34.0 Å². The Bertz CT molecular complexity index is 1610. The van der Waals surface area contributed by atoms with Crippen molar-refractivity contribution in [3.8, 4) is 0 Å². The van der Waals surface area contributed by atoms with Crippen molar-refractivity contribution >= 4 is 5.78 Å². The fourth-order valence-electron chi connectivity index (χ4n) is 11.1. The van der Waals surface area contributed by atoms with Gasteiger partial charge < -0.3 is 20.4 Å². The number of nitrogens with zero attached hydrogens (tertiary/aromatic N) is 1. The van der Waals surface area contributed by atoms with Gasteiger partial charge in [-0.2, -0.15) is 0 Å². The lowest BCUT2D eigenvalue weighted by Gasteiger charge is -2.71. The summed E-state index contributed by atoms with van der Waals surface area (Å²) < 4.78 is 28.5. The fourth-order valence-corrected chi connectivity index (χ4v) is 11.1. The third kappa shape index (κ3) is 4.77. The Morgan fingerprint density at radius 2 is 1.66 bits per heavy atom. The summed E-state index contributed by atoms with van der Waals surface area (Å²) in [6.45, 7) is 5.06. The minimum absolute atomic E-state index is 0.0683. The highest BCUT2D eigenvalue weighted by molar-refractivity contribution is 6.10. The van der Waals surface area contributed by atoms with E-state index in [0.29, 0.717) is 44.3 Å². The third-order valence-electron chi connectivity index (χ3n) is 13.6. The van der Waals surface area contributed by atoms with E-state index in [4.69, 9.17) is 0 Å². The summed E-state index contributed by atoms with van der Waals surface area (Å²) in [7, 11) is 0. The van der Waals surface area contributed by atoms with Crippen LogP contribution in [0.1, 0.15) is 74.7 Å². The summed E-state index contributed by atoms with van der Waals surface area (Å²) >= 11 is 0. The highest BCUT2D eigenvalue weighted by Crippen LogP contribution is 2.78. The van der Waals surface area contributed by atoms with Gasteiger partial charge in [-0.3, -0.25) is 9.69 Å². The SMILES string of the molecule is C[C@]12CC[C@H]3[C@]4(C=C[C@@]5(C=C4C(=O)c4ccc(F)c(F)c4)CC(O)CC[C@]35C)[C@@H]1CC[C@@]2(O)CN(Cc1ccccc1)C[C@H](O)CO. The van der Waals surface area contributed by atoms with E-state index < -0.39 is 45.7 Å². The minimum atomic E-state index is -1.15. The molecular weight excluding hydrogens is 600 g/mol. The van der Waals surface area contributed by atoms with Crippen LogP contribution >= 0.6 is 0 Å². The quantitative estimate of drug-likeness (QED) is 0.209. The molecule has 3 fully saturated rings. The number of hydrogen-bond donors (Lipinski definition) is 4. The topological polar surface area (TPSA) is 101 Å². The highest BCUT2D eigenvalue weighted by atomic mass is 19.2. The van der Waals surface area contributed by atoms with Crippen molar-refractivity contribution in [2.75, 3.05) is 19.7 Å². The second-order valence-corrected chi connectivity index (χ2v) is 15.8. The monoisotopic (exact) mass is 647 g/mol. The molecule has 8 rings (SSSR count). The van der Waals surface area contributed by atoms with Gasteiger partial charge in [-0.25, -0.2) is 8.78 Å². The summed E-state index contributed by atoms with van der Waals surface area (Å²) in [4.78, 5) is 16.6. The van der Waals surface area contributed by atoms with E-state index in [1.165, 1.54) is 6.07 Å². The van der Waals surface area contributed by atoms with Crippen molar-refractivity contribution in [2.45, 2.75) is 83.1 Å². The first-order chi connectivity index (χ1) is 22.3. The number of aliphatic hydroxyl groups excluding tert-OH is 3. The third-order valence-corrected chi connectivity index (χ3v) is 13.6. The summed E-state index contributed by atoms with van der Waals surface area (Å²) in [5, 5.41) is 43.9. The van der Waals surface area contributed by atoms with E-state index in [1.807, 2.05) is 35.2 Å². The van der Waals surface area contributed by atoms with Crippen molar-refractivity contribution in [3.63, 3.8) is 0 Å². The number of hydrogen-bond acceptors (Lipinski definition) is 6. The lowest BCUT2D eigenvalue weighted by Crippen LogP contribution is -2.67. The molecule has 0 saturated heterocycles. The normalized spacial score (nSPS) is 39.3. The number of carbonyl (C=O) groups excluding carboxylic acids is 1. The van der Waals surface area contributed by atoms with Crippen molar-refractivity contribution in [1.29, 1.82) is 0 Å².